The first-order chi connectivity index (χ1) is 5.22. The molecule has 0 aromatic rings. The zero-order chi connectivity index (χ0) is 8.69. The summed E-state index contributed by atoms with van der Waals surface area (Å²) in [4.78, 5) is 14.7. The molecule has 1 N–H and O–H groups in total. The smallest absolute Gasteiger partial charge is 0.146 e. The number of nitrogens with zero attached hydrogens (tertiary/aromatic N) is 1. The summed E-state index contributed by atoms with van der Waals surface area (Å²) in [7, 11) is 3.54. The van der Waals surface area contributed by atoms with Crippen molar-refractivity contribution in [3.05, 3.63) is 0 Å². The molecule has 64 valence electrons. The van der Waals surface area contributed by atoms with Gasteiger partial charge in [-0.1, -0.05) is 0 Å². The third-order valence-corrected chi connectivity index (χ3v) is 1.61. The van der Waals surface area contributed by atoms with Gasteiger partial charge in [0.15, 0.2) is 0 Å². The molecule has 0 rings (SSSR count). The van der Waals surface area contributed by atoms with E-state index in [1.165, 1.54) is 0 Å². The molecule has 0 amide bonds. The van der Waals surface area contributed by atoms with E-state index < -0.39 is 0 Å². The lowest BCUT2D eigenvalue weighted by atomic mass is 10.1. The van der Waals surface area contributed by atoms with Crippen LogP contribution in [0.4, 0.5) is 0 Å². The molecule has 3 nitrogen and oxygen atoms in total. The van der Waals surface area contributed by atoms with Crippen LogP contribution in [0.2, 0.25) is 0 Å². The molecule has 3 heteroatoms. The molecule has 0 fully saturated rings. The van der Waals surface area contributed by atoms with Crippen molar-refractivity contribution in [3.63, 3.8) is 0 Å². The monoisotopic (exact) mass is 156 g/mol. The maximum atomic E-state index is 10.9. The van der Waals surface area contributed by atoms with E-state index in [1.807, 2.05) is 6.21 Å². The Balaban J connectivity index is 3.61. The van der Waals surface area contributed by atoms with Crippen LogP contribution in [0.15, 0.2) is 4.99 Å². The number of rotatable bonds is 5. The molecule has 1 unspecified atom stereocenters. The second-order valence-corrected chi connectivity index (χ2v) is 2.47. The van der Waals surface area contributed by atoms with Gasteiger partial charge in [0.25, 0.3) is 0 Å². The summed E-state index contributed by atoms with van der Waals surface area (Å²) in [6.45, 7) is 1.60. The first kappa shape index (κ1) is 10.3. The minimum Gasteiger partial charge on any atom is -0.311 e. The van der Waals surface area contributed by atoms with E-state index in [2.05, 4.69) is 10.3 Å². The van der Waals surface area contributed by atoms with Crippen molar-refractivity contribution >= 4 is 12.0 Å². The van der Waals surface area contributed by atoms with Gasteiger partial charge in [0.05, 0.1) is 6.04 Å². The predicted molar refractivity (Wildman–Crippen MR) is 47.2 cm³/mol. The van der Waals surface area contributed by atoms with Crippen LogP contribution in [-0.4, -0.2) is 32.1 Å². The van der Waals surface area contributed by atoms with Crippen molar-refractivity contribution in [2.45, 2.75) is 25.8 Å². The highest BCUT2D eigenvalue weighted by atomic mass is 16.1. The molecule has 0 aliphatic carbocycles. The Hall–Kier alpha value is -0.700. The minimum absolute atomic E-state index is 0.00648. The lowest BCUT2D eigenvalue weighted by molar-refractivity contribution is -0.118. The van der Waals surface area contributed by atoms with E-state index >= 15 is 0 Å². The van der Waals surface area contributed by atoms with Gasteiger partial charge in [-0.05, 0) is 33.0 Å². The molecule has 0 saturated carbocycles. The Labute approximate surface area is 67.9 Å². The first-order valence-corrected chi connectivity index (χ1v) is 3.80. The molecule has 0 radical (unpaired) electrons. The summed E-state index contributed by atoms with van der Waals surface area (Å²) in [6, 6.07) is -0.00648. The van der Waals surface area contributed by atoms with Crippen molar-refractivity contribution in [1.82, 2.24) is 5.32 Å². The molecule has 0 heterocycles. The maximum absolute atomic E-state index is 10.9. The molecule has 0 spiro atoms. The van der Waals surface area contributed by atoms with E-state index in [0.717, 1.165) is 12.8 Å². The summed E-state index contributed by atoms with van der Waals surface area (Å²) in [5.74, 6) is 0.192. The summed E-state index contributed by atoms with van der Waals surface area (Å²) >= 11 is 0. The summed E-state index contributed by atoms with van der Waals surface area (Å²) < 4.78 is 0. The van der Waals surface area contributed by atoms with Crippen LogP contribution in [0.1, 0.15) is 19.8 Å². The van der Waals surface area contributed by atoms with Crippen LogP contribution >= 0.6 is 0 Å². The quantitative estimate of drug-likeness (QED) is 0.594. The second kappa shape index (κ2) is 6.04. The Morgan fingerprint density at radius 2 is 2.36 bits per heavy atom. The van der Waals surface area contributed by atoms with Gasteiger partial charge in [0.2, 0.25) is 0 Å². The van der Waals surface area contributed by atoms with Gasteiger partial charge in [-0.3, -0.25) is 4.79 Å². The van der Waals surface area contributed by atoms with Gasteiger partial charge in [-0.25, -0.2) is 0 Å². The van der Waals surface area contributed by atoms with Crippen molar-refractivity contribution in [2.75, 3.05) is 14.1 Å². The molecule has 0 bridgehead atoms. The molecular weight excluding hydrogens is 140 g/mol. The Morgan fingerprint density at radius 3 is 2.73 bits per heavy atom. The van der Waals surface area contributed by atoms with Gasteiger partial charge in [-0.15, -0.1) is 0 Å². The number of hydrogen-bond donors (Lipinski definition) is 1. The third-order valence-electron chi connectivity index (χ3n) is 1.61. The standard InChI is InChI=1S/C8H16N2O/c1-7(11)8(10-3)5-4-6-9-2/h6,8,10H,4-5H2,1-3H3. The molecule has 11 heavy (non-hydrogen) atoms. The van der Waals surface area contributed by atoms with E-state index in [0.29, 0.717) is 0 Å². The predicted octanol–water partition coefficient (Wildman–Crippen LogP) is 0.644. The molecule has 0 aromatic carbocycles. The average molecular weight is 156 g/mol. The largest absolute Gasteiger partial charge is 0.311 e. The van der Waals surface area contributed by atoms with Crippen molar-refractivity contribution < 1.29 is 4.79 Å². The Kier molecular flexibility index (Phi) is 5.65. The fraction of sp³-hybridized carbons (Fsp3) is 0.750. The number of Topliss-reactive ketones (excluding diaryl/α,β-unsaturated/α-hetero) is 1. The number of aliphatic imine (C=N–C) groups is 1. The van der Waals surface area contributed by atoms with E-state index in [4.69, 9.17) is 0 Å². The van der Waals surface area contributed by atoms with Crippen LogP contribution < -0.4 is 5.32 Å². The average Bonchev–Trinajstić information content (AvgIpc) is 1.97. The zero-order valence-electron chi connectivity index (χ0n) is 7.42. The topological polar surface area (TPSA) is 41.5 Å². The number of nitrogens with one attached hydrogen (secondary N) is 1. The van der Waals surface area contributed by atoms with Gasteiger partial charge in [0.1, 0.15) is 5.78 Å². The van der Waals surface area contributed by atoms with Crippen LogP contribution in [0.25, 0.3) is 0 Å². The number of carbonyl (C=O) groups is 1. The normalized spacial score (nSPS) is 13.7. The SMILES string of the molecule is CN=CCCC(NC)C(C)=O. The number of carbonyl (C=O) groups excluding carboxylic acids is 1. The van der Waals surface area contributed by atoms with Crippen molar-refractivity contribution in [1.29, 1.82) is 0 Å². The van der Waals surface area contributed by atoms with Gasteiger partial charge >= 0.3 is 0 Å². The summed E-state index contributed by atoms with van der Waals surface area (Å²) in [5.41, 5.74) is 0. The highest BCUT2D eigenvalue weighted by Crippen LogP contribution is 1.95. The van der Waals surface area contributed by atoms with Gasteiger partial charge < -0.3 is 10.3 Å². The van der Waals surface area contributed by atoms with E-state index in [-0.39, 0.29) is 11.8 Å². The highest BCUT2D eigenvalue weighted by Gasteiger charge is 2.08. The Morgan fingerprint density at radius 1 is 1.73 bits per heavy atom. The van der Waals surface area contributed by atoms with Crippen molar-refractivity contribution in [2.24, 2.45) is 4.99 Å². The van der Waals surface area contributed by atoms with Crippen molar-refractivity contribution in [3.8, 4) is 0 Å². The summed E-state index contributed by atoms with van der Waals surface area (Å²) in [6.07, 6.45) is 3.53. The van der Waals surface area contributed by atoms with E-state index in [1.54, 1.807) is 21.0 Å². The molecule has 0 aliphatic rings. The lowest BCUT2D eigenvalue weighted by Gasteiger charge is -2.09. The highest BCUT2D eigenvalue weighted by molar-refractivity contribution is 5.81. The van der Waals surface area contributed by atoms with E-state index in [9.17, 15) is 4.79 Å². The number of likely N-dealkylation sites (N-methyl/N-ethyl adjacent to an activating group) is 1. The zero-order valence-corrected chi connectivity index (χ0v) is 7.42. The van der Waals surface area contributed by atoms with Gasteiger partial charge in [-0.2, -0.15) is 0 Å². The molecule has 0 aromatic heterocycles. The molecule has 0 aliphatic heterocycles. The molecular formula is C8H16N2O. The Bertz CT molecular complexity index is 143. The maximum Gasteiger partial charge on any atom is 0.146 e. The number of ketones is 1. The minimum atomic E-state index is -0.00648. The lowest BCUT2D eigenvalue weighted by Crippen LogP contribution is -2.32. The molecule has 0 saturated heterocycles. The fourth-order valence-electron chi connectivity index (χ4n) is 0.921. The van der Waals surface area contributed by atoms with Crippen LogP contribution in [0.3, 0.4) is 0 Å². The third kappa shape index (κ3) is 4.67. The number of hydrogen-bond acceptors (Lipinski definition) is 3. The van der Waals surface area contributed by atoms with Crippen LogP contribution in [-0.2, 0) is 4.79 Å². The van der Waals surface area contributed by atoms with Crippen LogP contribution in [0, 0.1) is 0 Å². The summed E-state index contributed by atoms with van der Waals surface area (Å²) in [5, 5.41) is 2.95. The fourth-order valence-corrected chi connectivity index (χ4v) is 0.921. The second-order valence-electron chi connectivity index (χ2n) is 2.47. The van der Waals surface area contributed by atoms with Crippen LogP contribution in [0.5, 0.6) is 0 Å². The first-order valence-electron chi connectivity index (χ1n) is 3.80. The van der Waals surface area contributed by atoms with Gasteiger partial charge in [0, 0.05) is 7.05 Å². The molecule has 1 atom stereocenters.